The summed E-state index contributed by atoms with van der Waals surface area (Å²) in [5.41, 5.74) is 0. The zero-order chi connectivity index (χ0) is 13.4. The maximum absolute atomic E-state index is 12.0. The molecule has 1 saturated heterocycles. The highest BCUT2D eigenvalue weighted by Gasteiger charge is 2.27. The lowest BCUT2D eigenvalue weighted by atomic mass is 10.1. The molecule has 18 heavy (non-hydrogen) atoms. The van der Waals surface area contributed by atoms with Crippen LogP contribution in [0.1, 0.15) is 38.5 Å². The average molecular weight is 253 g/mol. The number of ether oxygens (including phenoxy) is 1. The summed E-state index contributed by atoms with van der Waals surface area (Å²) in [7, 11) is 1.67. The first-order chi connectivity index (χ1) is 8.69. The molecule has 0 unspecified atom stereocenters. The van der Waals surface area contributed by atoms with Crippen LogP contribution in [0, 0.1) is 0 Å². The fourth-order valence-electron chi connectivity index (χ4n) is 2.35. The monoisotopic (exact) mass is 253 g/mol. The van der Waals surface area contributed by atoms with Crippen molar-refractivity contribution in [3.63, 3.8) is 0 Å². The molecular formula is C14H23NO3. The van der Waals surface area contributed by atoms with Gasteiger partial charge in [0, 0.05) is 26.5 Å². The van der Waals surface area contributed by atoms with Crippen molar-refractivity contribution in [3.05, 3.63) is 12.7 Å². The quantitative estimate of drug-likeness (QED) is 0.490. The summed E-state index contributed by atoms with van der Waals surface area (Å²) in [5, 5.41) is 0. The Kier molecular flexibility index (Phi) is 6.65. The van der Waals surface area contributed by atoms with Crippen molar-refractivity contribution in [2.75, 3.05) is 20.3 Å². The van der Waals surface area contributed by atoms with Crippen molar-refractivity contribution in [3.8, 4) is 0 Å². The number of rotatable bonds is 8. The molecule has 0 aromatic rings. The van der Waals surface area contributed by atoms with E-state index < -0.39 is 0 Å². The smallest absolute Gasteiger partial charge is 0.222 e. The molecule has 1 aliphatic heterocycles. The van der Waals surface area contributed by atoms with E-state index in [0.717, 1.165) is 32.2 Å². The number of ketones is 1. The maximum atomic E-state index is 12.0. The van der Waals surface area contributed by atoms with Crippen LogP contribution in [0.4, 0.5) is 0 Å². The van der Waals surface area contributed by atoms with Gasteiger partial charge in [0.05, 0.1) is 12.6 Å². The number of likely N-dealkylation sites (tertiary alicyclic amines) is 1. The Morgan fingerprint density at radius 2 is 2.11 bits per heavy atom. The van der Waals surface area contributed by atoms with E-state index in [2.05, 4.69) is 6.58 Å². The number of carbonyl (C=O) groups excluding carboxylic acids is 2. The largest absolute Gasteiger partial charge is 0.383 e. The lowest BCUT2D eigenvalue weighted by molar-refractivity contribution is -0.133. The fourth-order valence-corrected chi connectivity index (χ4v) is 2.35. The summed E-state index contributed by atoms with van der Waals surface area (Å²) in [6.07, 6.45) is 6.01. The van der Waals surface area contributed by atoms with Crippen molar-refractivity contribution in [1.29, 1.82) is 0 Å². The summed E-state index contributed by atoms with van der Waals surface area (Å²) in [4.78, 5) is 25.0. The third kappa shape index (κ3) is 4.61. The van der Waals surface area contributed by atoms with Gasteiger partial charge in [-0.05, 0) is 31.8 Å². The van der Waals surface area contributed by atoms with Crippen molar-refractivity contribution in [1.82, 2.24) is 4.90 Å². The second kappa shape index (κ2) is 8.03. The van der Waals surface area contributed by atoms with Crippen LogP contribution in [-0.2, 0) is 14.3 Å². The van der Waals surface area contributed by atoms with Gasteiger partial charge in [-0.1, -0.05) is 6.58 Å². The molecular weight excluding hydrogens is 230 g/mol. The Balaban J connectivity index is 2.23. The Morgan fingerprint density at radius 1 is 1.39 bits per heavy atom. The van der Waals surface area contributed by atoms with E-state index in [1.807, 2.05) is 4.90 Å². The zero-order valence-corrected chi connectivity index (χ0v) is 11.2. The van der Waals surface area contributed by atoms with Gasteiger partial charge in [-0.2, -0.15) is 0 Å². The van der Waals surface area contributed by atoms with E-state index in [1.165, 1.54) is 6.08 Å². The Labute approximate surface area is 109 Å². The van der Waals surface area contributed by atoms with Crippen LogP contribution in [-0.4, -0.2) is 42.9 Å². The third-order valence-corrected chi connectivity index (χ3v) is 3.35. The van der Waals surface area contributed by atoms with Gasteiger partial charge in [-0.3, -0.25) is 9.59 Å². The molecule has 1 amide bonds. The van der Waals surface area contributed by atoms with Gasteiger partial charge in [0.25, 0.3) is 0 Å². The molecule has 0 saturated carbocycles. The molecule has 1 rings (SSSR count). The van der Waals surface area contributed by atoms with Gasteiger partial charge in [0.2, 0.25) is 5.91 Å². The molecule has 4 heteroatoms. The normalized spacial score (nSPS) is 18.9. The van der Waals surface area contributed by atoms with Crippen LogP contribution in [0.15, 0.2) is 12.7 Å². The van der Waals surface area contributed by atoms with Crippen molar-refractivity contribution in [2.45, 2.75) is 44.6 Å². The number of nitrogens with zero attached hydrogens (tertiary/aromatic N) is 1. The second-order valence-electron chi connectivity index (χ2n) is 4.72. The average Bonchev–Trinajstić information content (AvgIpc) is 2.82. The molecule has 0 aliphatic carbocycles. The standard InChI is InChI=1S/C14H23NO3/c1-3-13(16)8-4-5-9-14(17)15-10-6-7-12(15)11-18-2/h3,12H,1,4-11H2,2H3/t12-/m0/s1. The molecule has 0 radical (unpaired) electrons. The minimum absolute atomic E-state index is 0.0564. The molecule has 0 N–H and O–H groups in total. The van der Waals surface area contributed by atoms with Crippen LogP contribution in [0.3, 0.4) is 0 Å². The number of methoxy groups -OCH3 is 1. The highest BCUT2D eigenvalue weighted by atomic mass is 16.5. The predicted molar refractivity (Wildman–Crippen MR) is 70.3 cm³/mol. The molecule has 1 fully saturated rings. The summed E-state index contributed by atoms with van der Waals surface area (Å²) < 4.78 is 5.13. The van der Waals surface area contributed by atoms with E-state index in [-0.39, 0.29) is 17.7 Å². The van der Waals surface area contributed by atoms with Crippen LogP contribution < -0.4 is 0 Å². The minimum Gasteiger partial charge on any atom is -0.383 e. The van der Waals surface area contributed by atoms with Gasteiger partial charge in [-0.15, -0.1) is 0 Å². The number of hydrogen-bond acceptors (Lipinski definition) is 3. The van der Waals surface area contributed by atoms with Crippen LogP contribution in [0.25, 0.3) is 0 Å². The van der Waals surface area contributed by atoms with E-state index in [0.29, 0.717) is 19.4 Å². The molecule has 0 spiro atoms. The van der Waals surface area contributed by atoms with E-state index in [4.69, 9.17) is 4.74 Å². The van der Waals surface area contributed by atoms with E-state index >= 15 is 0 Å². The van der Waals surface area contributed by atoms with Gasteiger partial charge in [0.1, 0.15) is 0 Å². The number of amides is 1. The zero-order valence-electron chi connectivity index (χ0n) is 11.2. The molecule has 4 nitrogen and oxygen atoms in total. The SMILES string of the molecule is C=CC(=O)CCCCC(=O)N1CCC[C@H]1COC. The van der Waals surface area contributed by atoms with Crippen LogP contribution in [0.5, 0.6) is 0 Å². The number of carbonyl (C=O) groups is 2. The van der Waals surface area contributed by atoms with Crippen LogP contribution >= 0.6 is 0 Å². The van der Waals surface area contributed by atoms with Gasteiger partial charge in [0.15, 0.2) is 5.78 Å². The van der Waals surface area contributed by atoms with E-state index in [1.54, 1.807) is 7.11 Å². The van der Waals surface area contributed by atoms with Gasteiger partial charge < -0.3 is 9.64 Å². The summed E-state index contributed by atoms with van der Waals surface area (Å²) in [6, 6.07) is 0.248. The highest BCUT2D eigenvalue weighted by Crippen LogP contribution is 2.19. The lowest BCUT2D eigenvalue weighted by Gasteiger charge is -2.24. The number of hydrogen-bond donors (Lipinski definition) is 0. The Hall–Kier alpha value is -1.16. The minimum atomic E-state index is 0.0564. The first kappa shape index (κ1) is 14.9. The fraction of sp³-hybridized carbons (Fsp3) is 0.714. The number of unbranched alkanes of at least 4 members (excludes halogenated alkanes) is 1. The number of allylic oxidation sites excluding steroid dienone is 1. The highest BCUT2D eigenvalue weighted by molar-refractivity contribution is 5.88. The van der Waals surface area contributed by atoms with Gasteiger partial charge in [-0.25, -0.2) is 0 Å². The van der Waals surface area contributed by atoms with Crippen LogP contribution in [0.2, 0.25) is 0 Å². The molecule has 0 aromatic carbocycles. The molecule has 1 heterocycles. The Bertz CT molecular complexity index is 301. The summed E-state index contributed by atoms with van der Waals surface area (Å²) >= 11 is 0. The predicted octanol–water partition coefficient (Wildman–Crippen LogP) is 1.94. The molecule has 0 aromatic heterocycles. The molecule has 0 bridgehead atoms. The third-order valence-electron chi connectivity index (χ3n) is 3.35. The topological polar surface area (TPSA) is 46.6 Å². The van der Waals surface area contributed by atoms with Crippen molar-refractivity contribution < 1.29 is 14.3 Å². The molecule has 102 valence electrons. The maximum Gasteiger partial charge on any atom is 0.222 e. The van der Waals surface area contributed by atoms with Crippen molar-refractivity contribution in [2.24, 2.45) is 0 Å². The second-order valence-corrected chi connectivity index (χ2v) is 4.72. The summed E-state index contributed by atoms with van der Waals surface area (Å²) in [6.45, 7) is 4.90. The lowest BCUT2D eigenvalue weighted by Crippen LogP contribution is -2.37. The van der Waals surface area contributed by atoms with Crippen molar-refractivity contribution >= 4 is 11.7 Å². The van der Waals surface area contributed by atoms with E-state index in [9.17, 15) is 9.59 Å². The van der Waals surface area contributed by atoms with Gasteiger partial charge >= 0.3 is 0 Å². The summed E-state index contributed by atoms with van der Waals surface area (Å²) in [5.74, 6) is 0.251. The Morgan fingerprint density at radius 3 is 2.78 bits per heavy atom. The molecule has 1 atom stereocenters. The first-order valence-corrected chi connectivity index (χ1v) is 6.62. The molecule has 1 aliphatic rings. The first-order valence-electron chi connectivity index (χ1n) is 6.62.